The number of rotatable bonds is 4. The van der Waals surface area contributed by atoms with E-state index in [1.54, 1.807) is 17.6 Å². The van der Waals surface area contributed by atoms with Crippen LogP contribution in [-0.2, 0) is 30.9 Å². The van der Waals surface area contributed by atoms with Crippen molar-refractivity contribution in [3.8, 4) is 0 Å². The molecule has 5 heterocycles. The van der Waals surface area contributed by atoms with Gasteiger partial charge in [0, 0.05) is 11.3 Å². The highest BCUT2D eigenvalue weighted by Crippen LogP contribution is 2.39. The molecule has 0 aromatic carbocycles. The van der Waals surface area contributed by atoms with E-state index >= 15 is 0 Å². The van der Waals surface area contributed by atoms with Gasteiger partial charge >= 0.3 is 0 Å². The fourth-order valence-electron chi connectivity index (χ4n) is 3.64. The van der Waals surface area contributed by atoms with Gasteiger partial charge in [-0.25, -0.2) is 9.97 Å². The molecule has 0 bridgehead atoms. The average molecular weight is 384 g/mol. The zero-order valence-electron chi connectivity index (χ0n) is 15.7. The van der Waals surface area contributed by atoms with Gasteiger partial charge in [-0.1, -0.05) is 0 Å². The van der Waals surface area contributed by atoms with E-state index in [0.29, 0.717) is 13.2 Å². The summed E-state index contributed by atoms with van der Waals surface area (Å²) in [6, 6.07) is 3.88. The van der Waals surface area contributed by atoms with Gasteiger partial charge in [0.15, 0.2) is 11.4 Å². The zero-order valence-corrected chi connectivity index (χ0v) is 16.5. The molecule has 4 aromatic heterocycles. The van der Waals surface area contributed by atoms with E-state index in [0.717, 1.165) is 46.2 Å². The Balaban J connectivity index is 1.54. The van der Waals surface area contributed by atoms with Crippen LogP contribution < -0.4 is 5.32 Å². The molecule has 4 aromatic rings. The maximum atomic E-state index is 5.98. The molecular weight excluding hydrogens is 362 g/mol. The molecule has 0 radical (unpaired) electrons. The lowest BCUT2D eigenvalue weighted by Gasteiger charge is -2.30. The van der Waals surface area contributed by atoms with E-state index < -0.39 is 0 Å². The quantitative estimate of drug-likeness (QED) is 0.584. The Kier molecular flexibility index (Phi) is 3.82. The molecule has 0 amide bonds. The standard InChI is InChI=1S/C19H21N5O2S/c1-11-21-18-16(13-7-19(2,3)26-10-14(13)27-18)17-22-15(23-24(11)17)9-20-8-12-5-4-6-25-12/h4-6,20H,7-10H2,1-3H3/p+1. The van der Waals surface area contributed by atoms with E-state index in [-0.39, 0.29) is 5.60 Å². The molecule has 27 heavy (non-hydrogen) atoms. The third-order valence-corrected chi connectivity index (χ3v) is 6.07. The van der Waals surface area contributed by atoms with E-state index in [2.05, 4.69) is 19.2 Å². The second-order valence-corrected chi connectivity index (χ2v) is 8.69. The van der Waals surface area contributed by atoms with Gasteiger partial charge in [-0.05, 0) is 38.5 Å². The maximum absolute atomic E-state index is 5.98. The molecule has 0 unspecified atom stereocenters. The second-order valence-electron chi connectivity index (χ2n) is 7.61. The smallest absolute Gasteiger partial charge is 0.206 e. The predicted molar refractivity (Wildman–Crippen MR) is 102 cm³/mol. The van der Waals surface area contributed by atoms with Crippen molar-refractivity contribution in [1.29, 1.82) is 0 Å². The van der Waals surface area contributed by atoms with E-state index in [4.69, 9.17) is 24.2 Å². The van der Waals surface area contributed by atoms with Crippen molar-refractivity contribution in [2.24, 2.45) is 0 Å². The summed E-state index contributed by atoms with van der Waals surface area (Å²) >= 11 is 1.72. The van der Waals surface area contributed by atoms with Crippen LogP contribution in [0.4, 0.5) is 0 Å². The van der Waals surface area contributed by atoms with Crippen molar-refractivity contribution in [2.75, 3.05) is 0 Å². The lowest BCUT2D eigenvalue weighted by atomic mass is 9.94. The van der Waals surface area contributed by atoms with Crippen LogP contribution in [0.15, 0.2) is 22.8 Å². The number of thiophene rings is 1. The summed E-state index contributed by atoms with van der Waals surface area (Å²) < 4.78 is 13.2. The lowest BCUT2D eigenvalue weighted by Crippen LogP contribution is -2.80. The number of nitrogens with zero attached hydrogens (tertiary/aromatic N) is 4. The van der Waals surface area contributed by atoms with E-state index in [1.165, 1.54) is 10.4 Å². The van der Waals surface area contributed by atoms with Crippen molar-refractivity contribution in [1.82, 2.24) is 19.6 Å². The Labute approximate surface area is 160 Å². The summed E-state index contributed by atoms with van der Waals surface area (Å²) in [4.78, 5) is 11.9. The molecule has 140 valence electrons. The largest absolute Gasteiger partial charge is 0.463 e. The summed E-state index contributed by atoms with van der Waals surface area (Å²) in [5.74, 6) is 2.62. The van der Waals surface area contributed by atoms with Gasteiger partial charge in [0.2, 0.25) is 5.82 Å². The van der Waals surface area contributed by atoms with Crippen LogP contribution in [0.3, 0.4) is 0 Å². The molecule has 8 heteroatoms. The molecule has 2 N–H and O–H groups in total. The molecule has 0 atom stereocenters. The first-order chi connectivity index (χ1) is 13.0. The minimum absolute atomic E-state index is 0.164. The summed E-state index contributed by atoms with van der Waals surface area (Å²) in [6.07, 6.45) is 2.57. The third-order valence-electron chi connectivity index (χ3n) is 4.97. The minimum atomic E-state index is -0.164. The van der Waals surface area contributed by atoms with Crippen LogP contribution in [0.25, 0.3) is 15.9 Å². The molecule has 0 spiro atoms. The first kappa shape index (κ1) is 16.9. The van der Waals surface area contributed by atoms with Crippen molar-refractivity contribution in [3.63, 3.8) is 0 Å². The molecule has 0 fully saturated rings. The molecule has 0 aliphatic carbocycles. The zero-order chi connectivity index (χ0) is 18.6. The highest BCUT2D eigenvalue weighted by Gasteiger charge is 2.31. The van der Waals surface area contributed by atoms with Gasteiger partial charge in [-0.15, -0.1) is 16.4 Å². The number of quaternary nitrogens is 1. The SMILES string of the molecule is Cc1nc2sc3c(c2c2nc(C[NH2+]Cc4ccco4)nn12)CC(C)(C)OC3. The molecule has 7 nitrogen and oxygen atoms in total. The summed E-state index contributed by atoms with van der Waals surface area (Å²) in [7, 11) is 0. The molecule has 5 rings (SSSR count). The number of aromatic nitrogens is 4. The molecule has 0 saturated carbocycles. The third kappa shape index (κ3) is 2.93. The average Bonchev–Trinajstić information content (AvgIpc) is 3.32. The highest BCUT2D eigenvalue weighted by atomic mass is 32.1. The molecule has 1 aliphatic heterocycles. The number of furan rings is 1. The normalized spacial score (nSPS) is 16.3. The van der Waals surface area contributed by atoms with Crippen LogP contribution in [0, 0.1) is 6.92 Å². The van der Waals surface area contributed by atoms with Crippen LogP contribution >= 0.6 is 11.3 Å². The van der Waals surface area contributed by atoms with E-state index in [1.807, 2.05) is 23.6 Å². The number of nitrogens with two attached hydrogens (primary N) is 1. The van der Waals surface area contributed by atoms with Crippen LogP contribution in [0.2, 0.25) is 0 Å². The van der Waals surface area contributed by atoms with Crippen molar-refractivity contribution >= 4 is 27.2 Å². The number of fused-ring (bicyclic) bond motifs is 5. The molecule has 0 saturated heterocycles. The summed E-state index contributed by atoms with van der Waals surface area (Å²) in [5.41, 5.74) is 2.07. The van der Waals surface area contributed by atoms with Gasteiger partial charge in [-0.3, -0.25) is 0 Å². The Morgan fingerprint density at radius 2 is 2.19 bits per heavy atom. The lowest BCUT2D eigenvalue weighted by molar-refractivity contribution is -0.688. The first-order valence-electron chi connectivity index (χ1n) is 9.15. The second kappa shape index (κ2) is 6.12. The fourth-order valence-corrected chi connectivity index (χ4v) is 4.79. The number of hydrogen-bond acceptors (Lipinski definition) is 6. The van der Waals surface area contributed by atoms with Gasteiger partial charge in [0.1, 0.15) is 23.7 Å². The van der Waals surface area contributed by atoms with Gasteiger partial charge in [0.05, 0.1) is 23.9 Å². The first-order valence-corrected chi connectivity index (χ1v) is 9.96. The van der Waals surface area contributed by atoms with Crippen LogP contribution in [0.1, 0.15) is 41.7 Å². The number of hydrogen-bond donors (Lipinski definition) is 1. The molecular formula is C19H22N5O2S+. The Hall–Kier alpha value is -2.29. The fraction of sp³-hybridized carbons (Fsp3) is 0.421. The predicted octanol–water partition coefficient (Wildman–Crippen LogP) is 2.36. The monoisotopic (exact) mass is 384 g/mol. The number of ether oxygens (including phenoxy) is 1. The Bertz CT molecular complexity index is 1130. The van der Waals surface area contributed by atoms with Crippen molar-refractivity contribution in [3.05, 3.63) is 46.2 Å². The number of aryl methyl sites for hydroxylation is 1. The Morgan fingerprint density at radius 3 is 3.00 bits per heavy atom. The highest BCUT2D eigenvalue weighted by molar-refractivity contribution is 7.19. The van der Waals surface area contributed by atoms with Gasteiger partial charge in [-0.2, -0.15) is 4.52 Å². The summed E-state index contributed by atoms with van der Waals surface area (Å²) in [6.45, 7) is 8.37. The molecule has 1 aliphatic rings. The van der Waals surface area contributed by atoms with Crippen molar-refractivity contribution < 1.29 is 14.5 Å². The topological polar surface area (TPSA) is 82.1 Å². The maximum Gasteiger partial charge on any atom is 0.206 e. The van der Waals surface area contributed by atoms with Crippen LogP contribution in [-0.4, -0.2) is 25.2 Å². The van der Waals surface area contributed by atoms with Crippen LogP contribution in [0.5, 0.6) is 0 Å². The summed E-state index contributed by atoms with van der Waals surface area (Å²) in [5, 5.41) is 7.99. The van der Waals surface area contributed by atoms with Crippen molar-refractivity contribution in [2.45, 2.75) is 52.5 Å². The Morgan fingerprint density at radius 1 is 1.30 bits per heavy atom. The van der Waals surface area contributed by atoms with E-state index in [9.17, 15) is 0 Å². The van der Waals surface area contributed by atoms with Gasteiger partial charge in [0.25, 0.3) is 0 Å². The van der Waals surface area contributed by atoms with Gasteiger partial charge < -0.3 is 14.5 Å². The minimum Gasteiger partial charge on any atom is -0.463 e.